The molecule has 3 rings (SSSR count). The molecule has 1 saturated heterocycles. The summed E-state index contributed by atoms with van der Waals surface area (Å²) in [5.74, 6) is -0.838. The van der Waals surface area contributed by atoms with Gasteiger partial charge in [-0.05, 0) is 63.9 Å². The van der Waals surface area contributed by atoms with Gasteiger partial charge in [0.05, 0.1) is 5.56 Å². The second-order valence-electron chi connectivity index (χ2n) is 6.46. The Bertz CT molecular complexity index is 682. The van der Waals surface area contributed by atoms with E-state index in [1.54, 1.807) is 6.07 Å². The van der Waals surface area contributed by atoms with Crippen LogP contribution in [0.15, 0.2) is 24.4 Å². The molecule has 0 spiro atoms. The largest absolute Gasteiger partial charge is 0.478 e. The number of rotatable bonds is 5. The van der Waals surface area contributed by atoms with Crippen molar-refractivity contribution in [3.05, 3.63) is 35.5 Å². The number of benzene rings is 1. The van der Waals surface area contributed by atoms with Crippen molar-refractivity contribution in [2.24, 2.45) is 0 Å². The van der Waals surface area contributed by atoms with E-state index in [0.717, 1.165) is 29.4 Å². The topological polar surface area (TPSA) is 45.5 Å². The summed E-state index contributed by atoms with van der Waals surface area (Å²) >= 11 is 0. The molecule has 0 saturated carbocycles. The van der Waals surface area contributed by atoms with Gasteiger partial charge in [-0.2, -0.15) is 0 Å². The lowest BCUT2D eigenvalue weighted by Gasteiger charge is -2.13. The molecule has 0 radical (unpaired) electrons. The van der Waals surface area contributed by atoms with E-state index in [-0.39, 0.29) is 0 Å². The highest BCUT2D eigenvalue weighted by Crippen LogP contribution is 2.28. The van der Waals surface area contributed by atoms with Gasteiger partial charge in [-0.3, -0.25) is 0 Å². The molecule has 4 nitrogen and oxygen atoms in total. The van der Waals surface area contributed by atoms with Crippen LogP contribution in [0.1, 0.15) is 48.7 Å². The summed E-state index contributed by atoms with van der Waals surface area (Å²) in [4.78, 5) is 14.1. The number of hydrogen-bond acceptors (Lipinski definition) is 2. The zero-order chi connectivity index (χ0) is 15.7. The van der Waals surface area contributed by atoms with E-state index in [0.29, 0.717) is 11.6 Å². The van der Waals surface area contributed by atoms with Crippen LogP contribution in [0.5, 0.6) is 0 Å². The molecule has 1 aromatic heterocycles. The van der Waals surface area contributed by atoms with Crippen LogP contribution in [0.25, 0.3) is 10.9 Å². The van der Waals surface area contributed by atoms with Gasteiger partial charge >= 0.3 is 5.97 Å². The molecule has 2 heterocycles. The first-order valence-electron chi connectivity index (χ1n) is 8.16. The summed E-state index contributed by atoms with van der Waals surface area (Å²) in [6.45, 7) is 7.64. The first-order valence-corrected chi connectivity index (χ1v) is 8.16. The van der Waals surface area contributed by atoms with E-state index < -0.39 is 5.97 Å². The van der Waals surface area contributed by atoms with Crippen molar-refractivity contribution in [2.45, 2.75) is 39.2 Å². The summed E-state index contributed by atoms with van der Waals surface area (Å²) in [6.07, 6.45) is 5.64. The Morgan fingerprint density at radius 3 is 2.64 bits per heavy atom. The number of fused-ring (bicyclic) bond motifs is 1. The minimum absolute atomic E-state index is 0.326. The normalized spacial score (nSPS) is 16.0. The number of carbonyl (C=O) groups is 1. The summed E-state index contributed by atoms with van der Waals surface area (Å²) in [5.41, 5.74) is 2.62. The third kappa shape index (κ3) is 2.75. The number of carboxylic acids is 1. The quantitative estimate of drug-likeness (QED) is 0.918. The van der Waals surface area contributed by atoms with Gasteiger partial charge in [0, 0.05) is 29.7 Å². The van der Waals surface area contributed by atoms with Crippen molar-refractivity contribution in [1.29, 1.82) is 0 Å². The predicted molar refractivity (Wildman–Crippen MR) is 88.7 cm³/mol. The van der Waals surface area contributed by atoms with Crippen molar-refractivity contribution < 1.29 is 9.90 Å². The third-order valence-corrected chi connectivity index (χ3v) is 4.62. The fourth-order valence-electron chi connectivity index (χ4n) is 3.47. The number of carboxylic acid groups (broad SMARTS) is 1. The molecule has 0 bridgehead atoms. The summed E-state index contributed by atoms with van der Waals surface area (Å²) in [7, 11) is 0. The summed E-state index contributed by atoms with van der Waals surface area (Å²) < 4.78 is 2.20. The zero-order valence-electron chi connectivity index (χ0n) is 13.4. The molecule has 118 valence electrons. The van der Waals surface area contributed by atoms with Gasteiger partial charge in [0.15, 0.2) is 0 Å². The minimum atomic E-state index is -0.838. The molecule has 1 aromatic carbocycles. The Kier molecular flexibility index (Phi) is 4.21. The summed E-state index contributed by atoms with van der Waals surface area (Å²) in [6, 6.07) is 5.91. The Balaban J connectivity index is 2.01. The fourth-order valence-corrected chi connectivity index (χ4v) is 3.47. The molecule has 1 aliphatic rings. The van der Waals surface area contributed by atoms with E-state index in [2.05, 4.69) is 29.5 Å². The average Bonchev–Trinajstić information content (AvgIpc) is 3.12. The monoisotopic (exact) mass is 300 g/mol. The number of aromatic carboxylic acids is 1. The van der Waals surface area contributed by atoms with Crippen LogP contribution in [-0.4, -0.2) is 40.2 Å². The van der Waals surface area contributed by atoms with Crippen LogP contribution in [0.3, 0.4) is 0 Å². The number of nitrogens with zero attached hydrogens (tertiary/aromatic N) is 2. The Labute approximate surface area is 131 Å². The molecule has 0 aliphatic carbocycles. The van der Waals surface area contributed by atoms with Crippen molar-refractivity contribution in [3.63, 3.8) is 0 Å². The minimum Gasteiger partial charge on any atom is -0.478 e. The molecular formula is C18H24N2O2. The maximum atomic E-state index is 11.6. The molecule has 4 heteroatoms. The molecule has 2 aromatic rings. The fraction of sp³-hybridized carbons (Fsp3) is 0.500. The van der Waals surface area contributed by atoms with Crippen molar-refractivity contribution >= 4 is 16.9 Å². The van der Waals surface area contributed by atoms with E-state index in [4.69, 9.17) is 0 Å². The predicted octanol–water partition coefficient (Wildman–Crippen LogP) is 3.56. The zero-order valence-corrected chi connectivity index (χ0v) is 13.4. The average molecular weight is 300 g/mol. The molecule has 0 unspecified atom stereocenters. The van der Waals surface area contributed by atoms with Crippen molar-refractivity contribution in [1.82, 2.24) is 9.47 Å². The molecule has 0 amide bonds. The Morgan fingerprint density at radius 1 is 1.27 bits per heavy atom. The van der Waals surface area contributed by atoms with E-state index in [1.807, 2.05) is 12.1 Å². The number of likely N-dealkylation sites (tertiary alicyclic amines) is 1. The van der Waals surface area contributed by atoms with Crippen LogP contribution in [0.2, 0.25) is 0 Å². The highest BCUT2D eigenvalue weighted by Gasteiger charge is 2.18. The molecule has 1 fully saturated rings. The van der Waals surface area contributed by atoms with Gasteiger partial charge in [-0.1, -0.05) is 6.07 Å². The number of aromatic nitrogens is 1. The Morgan fingerprint density at radius 2 is 2.00 bits per heavy atom. The van der Waals surface area contributed by atoms with E-state index in [9.17, 15) is 9.90 Å². The lowest BCUT2D eigenvalue weighted by atomic mass is 10.0. The van der Waals surface area contributed by atoms with Crippen LogP contribution in [-0.2, 0) is 6.42 Å². The van der Waals surface area contributed by atoms with E-state index in [1.165, 1.54) is 25.9 Å². The Hall–Kier alpha value is -1.81. The van der Waals surface area contributed by atoms with Crippen LogP contribution >= 0.6 is 0 Å². The maximum Gasteiger partial charge on any atom is 0.336 e. The van der Waals surface area contributed by atoms with Crippen molar-refractivity contribution in [2.75, 3.05) is 19.6 Å². The van der Waals surface area contributed by atoms with Crippen LogP contribution in [0, 0.1) is 0 Å². The van der Waals surface area contributed by atoms with Crippen molar-refractivity contribution in [3.8, 4) is 0 Å². The van der Waals surface area contributed by atoms with Gasteiger partial charge < -0.3 is 14.6 Å². The van der Waals surface area contributed by atoms with Gasteiger partial charge in [0.2, 0.25) is 0 Å². The summed E-state index contributed by atoms with van der Waals surface area (Å²) in [5, 5.41) is 10.4. The third-order valence-electron chi connectivity index (χ3n) is 4.62. The second kappa shape index (κ2) is 6.13. The maximum absolute atomic E-state index is 11.6. The first kappa shape index (κ1) is 15.1. The first-order chi connectivity index (χ1) is 10.6. The molecule has 0 atom stereocenters. The highest BCUT2D eigenvalue weighted by molar-refractivity contribution is 6.04. The highest BCUT2D eigenvalue weighted by atomic mass is 16.4. The molecular weight excluding hydrogens is 276 g/mol. The van der Waals surface area contributed by atoms with Crippen LogP contribution < -0.4 is 0 Å². The van der Waals surface area contributed by atoms with Gasteiger partial charge in [-0.15, -0.1) is 0 Å². The van der Waals surface area contributed by atoms with Gasteiger partial charge in [-0.25, -0.2) is 4.79 Å². The molecule has 1 aliphatic heterocycles. The molecule has 1 N–H and O–H groups in total. The van der Waals surface area contributed by atoms with Gasteiger partial charge in [0.25, 0.3) is 0 Å². The lowest BCUT2D eigenvalue weighted by molar-refractivity contribution is 0.0699. The standard InChI is InChI=1S/C18H24N2O2/c1-13(2)20-12-14(8-11-19-9-3-4-10-19)17-15(18(21)22)6-5-7-16(17)20/h5-7,12-13H,3-4,8-11H2,1-2H3,(H,21,22). The van der Waals surface area contributed by atoms with Gasteiger partial charge in [0.1, 0.15) is 0 Å². The smallest absolute Gasteiger partial charge is 0.336 e. The molecule has 22 heavy (non-hydrogen) atoms. The second-order valence-corrected chi connectivity index (χ2v) is 6.46. The number of hydrogen-bond donors (Lipinski definition) is 1. The SMILES string of the molecule is CC(C)n1cc(CCN2CCCC2)c2c(C(=O)O)cccc21. The van der Waals surface area contributed by atoms with E-state index >= 15 is 0 Å². The lowest BCUT2D eigenvalue weighted by Crippen LogP contribution is -2.21. The van der Waals surface area contributed by atoms with Crippen LogP contribution in [0.4, 0.5) is 0 Å².